The predicted molar refractivity (Wildman–Crippen MR) is 84.7 cm³/mol. The minimum absolute atomic E-state index is 0.311. The fraction of sp³-hybridized carbons (Fsp3) is 0.375. The van der Waals surface area contributed by atoms with Crippen molar-refractivity contribution in [2.75, 3.05) is 10.6 Å². The number of hydrogen-bond acceptors (Lipinski definition) is 4. The maximum Gasteiger partial charge on any atom is 0.225 e. The molecule has 0 unspecified atom stereocenters. The molecule has 2 N–H and O–H groups in total. The molecule has 2 aromatic rings. The number of benzene rings is 1. The summed E-state index contributed by atoms with van der Waals surface area (Å²) >= 11 is 0. The number of aryl methyl sites for hydroxylation is 2. The van der Waals surface area contributed by atoms with Crippen LogP contribution in [0.3, 0.4) is 0 Å². The summed E-state index contributed by atoms with van der Waals surface area (Å²) in [6.07, 6.45) is 0. The molecule has 0 aliphatic carbocycles. The highest BCUT2D eigenvalue weighted by Crippen LogP contribution is 2.22. The molecule has 0 saturated heterocycles. The molecule has 0 atom stereocenters. The number of hydrogen-bond donors (Lipinski definition) is 2. The minimum atomic E-state index is 0.311. The number of aromatic nitrogens is 2. The topological polar surface area (TPSA) is 49.8 Å². The van der Waals surface area contributed by atoms with E-state index in [2.05, 4.69) is 60.4 Å². The van der Waals surface area contributed by atoms with Crippen molar-refractivity contribution < 1.29 is 0 Å². The van der Waals surface area contributed by atoms with Crippen LogP contribution in [0.2, 0.25) is 0 Å². The highest BCUT2D eigenvalue weighted by Gasteiger charge is 2.06. The van der Waals surface area contributed by atoms with E-state index in [0.29, 0.717) is 12.0 Å². The summed E-state index contributed by atoms with van der Waals surface area (Å²) < 4.78 is 0. The molecule has 1 aromatic carbocycles. The summed E-state index contributed by atoms with van der Waals surface area (Å²) in [4.78, 5) is 8.90. The van der Waals surface area contributed by atoms with Crippen molar-refractivity contribution in [3.63, 3.8) is 0 Å². The molecular formula is C16H22N4. The van der Waals surface area contributed by atoms with Crippen LogP contribution in [0.25, 0.3) is 0 Å². The lowest BCUT2D eigenvalue weighted by molar-refractivity contribution is 0.871. The van der Waals surface area contributed by atoms with Gasteiger partial charge in [-0.05, 0) is 51.8 Å². The molecule has 1 heterocycles. The third-order valence-corrected chi connectivity index (χ3v) is 3.14. The monoisotopic (exact) mass is 270 g/mol. The second kappa shape index (κ2) is 5.90. The lowest BCUT2D eigenvalue weighted by atomic mass is 10.1. The Labute approximate surface area is 120 Å². The summed E-state index contributed by atoms with van der Waals surface area (Å²) in [5, 5.41) is 6.61. The molecule has 0 aliphatic heterocycles. The van der Waals surface area contributed by atoms with Crippen LogP contribution in [0.4, 0.5) is 17.5 Å². The largest absolute Gasteiger partial charge is 0.352 e. The van der Waals surface area contributed by atoms with E-state index in [1.54, 1.807) is 0 Å². The van der Waals surface area contributed by atoms with Crippen molar-refractivity contribution in [2.45, 2.75) is 40.7 Å². The molecule has 0 saturated carbocycles. The lowest BCUT2D eigenvalue weighted by Crippen LogP contribution is -2.13. The molecule has 0 aliphatic rings. The van der Waals surface area contributed by atoms with E-state index in [-0.39, 0.29) is 0 Å². The maximum absolute atomic E-state index is 4.51. The quantitative estimate of drug-likeness (QED) is 0.882. The Morgan fingerprint density at radius 1 is 1.05 bits per heavy atom. The fourth-order valence-electron chi connectivity index (χ4n) is 1.98. The Bertz CT molecular complexity index is 605. The average molecular weight is 270 g/mol. The van der Waals surface area contributed by atoms with Crippen LogP contribution in [-0.2, 0) is 0 Å². The Morgan fingerprint density at radius 3 is 2.50 bits per heavy atom. The molecule has 4 nitrogen and oxygen atoms in total. The zero-order valence-corrected chi connectivity index (χ0v) is 12.8. The van der Waals surface area contributed by atoms with Gasteiger partial charge in [-0.1, -0.05) is 12.1 Å². The average Bonchev–Trinajstić information content (AvgIpc) is 2.33. The SMILES string of the molecule is Cc1cc(Nc2cccc(C)c2C)nc(NC(C)C)n1. The summed E-state index contributed by atoms with van der Waals surface area (Å²) in [6, 6.07) is 8.48. The third kappa shape index (κ3) is 3.47. The van der Waals surface area contributed by atoms with E-state index in [0.717, 1.165) is 17.2 Å². The molecule has 0 fully saturated rings. The first kappa shape index (κ1) is 14.3. The second-order valence-electron chi connectivity index (χ2n) is 5.39. The van der Waals surface area contributed by atoms with Gasteiger partial charge in [0.05, 0.1) is 0 Å². The first-order chi connectivity index (χ1) is 9.45. The van der Waals surface area contributed by atoms with Gasteiger partial charge in [-0.25, -0.2) is 4.98 Å². The van der Waals surface area contributed by atoms with E-state index >= 15 is 0 Å². The Balaban J connectivity index is 2.29. The van der Waals surface area contributed by atoms with Crippen LogP contribution in [0.5, 0.6) is 0 Å². The van der Waals surface area contributed by atoms with E-state index in [9.17, 15) is 0 Å². The third-order valence-electron chi connectivity index (χ3n) is 3.14. The Hall–Kier alpha value is -2.10. The first-order valence-corrected chi connectivity index (χ1v) is 6.91. The van der Waals surface area contributed by atoms with Gasteiger partial charge >= 0.3 is 0 Å². The molecule has 0 spiro atoms. The van der Waals surface area contributed by atoms with Gasteiger partial charge in [0.25, 0.3) is 0 Å². The molecule has 4 heteroatoms. The summed E-state index contributed by atoms with van der Waals surface area (Å²) in [5.74, 6) is 1.47. The van der Waals surface area contributed by atoms with Crippen molar-refractivity contribution in [3.05, 3.63) is 41.1 Å². The van der Waals surface area contributed by atoms with Crippen LogP contribution in [0, 0.1) is 20.8 Å². The second-order valence-corrected chi connectivity index (χ2v) is 5.39. The van der Waals surface area contributed by atoms with Crippen LogP contribution < -0.4 is 10.6 Å². The first-order valence-electron chi connectivity index (χ1n) is 6.91. The summed E-state index contributed by atoms with van der Waals surface area (Å²) in [5.41, 5.74) is 4.53. The van der Waals surface area contributed by atoms with Crippen LogP contribution in [0.15, 0.2) is 24.3 Å². The van der Waals surface area contributed by atoms with E-state index in [4.69, 9.17) is 0 Å². The molecule has 0 bridgehead atoms. The molecule has 0 amide bonds. The Kier molecular flexibility index (Phi) is 4.23. The molecule has 20 heavy (non-hydrogen) atoms. The van der Waals surface area contributed by atoms with Gasteiger partial charge < -0.3 is 10.6 Å². The summed E-state index contributed by atoms with van der Waals surface area (Å²) in [7, 11) is 0. The fourth-order valence-corrected chi connectivity index (χ4v) is 1.98. The van der Waals surface area contributed by atoms with Crippen molar-refractivity contribution in [2.24, 2.45) is 0 Å². The van der Waals surface area contributed by atoms with Crippen molar-refractivity contribution in [3.8, 4) is 0 Å². The van der Waals surface area contributed by atoms with Gasteiger partial charge in [0.2, 0.25) is 5.95 Å². The normalized spacial score (nSPS) is 10.7. The van der Waals surface area contributed by atoms with Crippen molar-refractivity contribution >= 4 is 17.5 Å². The molecular weight excluding hydrogens is 248 g/mol. The van der Waals surface area contributed by atoms with Gasteiger partial charge in [-0.3, -0.25) is 0 Å². The van der Waals surface area contributed by atoms with Gasteiger partial charge in [0.15, 0.2) is 0 Å². The summed E-state index contributed by atoms with van der Waals surface area (Å²) in [6.45, 7) is 10.3. The van der Waals surface area contributed by atoms with Gasteiger partial charge in [0, 0.05) is 23.5 Å². The number of anilines is 3. The molecule has 1 aromatic heterocycles. The highest BCUT2D eigenvalue weighted by molar-refractivity contribution is 5.62. The van der Waals surface area contributed by atoms with E-state index < -0.39 is 0 Å². The zero-order valence-electron chi connectivity index (χ0n) is 12.8. The number of nitrogens with one attached hydrogen (secondary N) is 2. The van der Waals surface area contributed by atoms with E-state index in [1.165, 1.54) is 11.1 Å². The lowest BCUT2D eigenvalue weighted by Gasteiger charge is -2.13. The van der Waals surface area contributed by atoms with Gasteiger partial charge in [-0.15, -0.1) is 0 Å². The minimum Gasteiger partial charge on any atom is -0.352 e. The highest BCUT2D eigenvalue weighted by atomic mass is 15.1. The molecule has 2 rings (SSSR count). The van der Waals surface area contributed by atoms with Crippen molar-refractivity contribution in [1.29, 1.82) is 0 Å². The number of rotatable bonds is 4. The predicted octanol–water partition coefficient (Wildman–Crippen LogP) is 3.97. The van der Waals surface area contributed by atoms with Gasteiger partial charge in [0.1, 0.15) is 5.82 Å². The smallest absolute Gasteiger partial charge is 0.225 e. The maximum atomic E-state index is 4.51. The van der Waals surface area contributed by atoms with Crippen molar-refractivity contribution in [1.82, 2.24) is 9.97 Å². The van der Waals surface area contributed by atoms with Crippen LogP contribution in [0.1, 0.15) is 30.7 Å². The number of nitrogens with zero attached hydrogens (tertiary/aromatic N) is 2. The van der Waals surface area contributed by atoms with Crippen LogP contribution in [-0.4, -0.2) is 16.0 Å². The molecule has 106 valence electrons. The Morgan fingerprint density at radius 2 is 1.80 bits per heavy atom. The standard InChI is InChI=1S/C16H22N4/c1-10(2)17-16-18-12(4)9-15(20-16)19-14-8-6-7-11(3)13(14)5/h6-10H,1-5H3,(H2,17,18,19,20). The van der Waals surface area contributed by atoms with Crippen LogP contribution >= 0.6 is 0 Å². The van der Waals surface area contributed by atoms with E-state index in [1.807, 2.05) is 19.1 Å². The van der Waals surface area contributed by atoms with Gasteiger partial charge in [-0.2, -0.15) is 4.98 Å². The zero-order chi connectivity index (χ0) is 14.7. The molecule has 0 radical (unpaired) electrons.